The van der Waals surface area contributed by atoms with Crippen LogP contribution in [-0.4, -0.2) is 6.54 Å². The second-order valence-corrected chi connectivity index (χ2v) is 5.48. The van der Waals surface area contributed by atoms with E-state index in [4.69, 9.17) is 0 Å². The molecule has 0 heterocycles. The van der Waals surface area contributed by atoms with Gasteiger partial charge < -0.3 is 5.32 Å². The predicted molar refractivity (Wildman–Crippen MR) is 79.8 cm³/mol. The standard InChI is InChI=1S/C14H22IN/c1-5-10(3)14(16-6-2)12-9-7-8-11(4)13(12)15/h7-10,14,16H,5-6H2,1-4H3. The van der Waals surface area contributed by atoms with E-state index in [1.54, 1.807) is 0 Å². The molecular weight excluding hydrogens is 309 g/mol. The van der Waals surface area contributed by atoms with Gasteiger partial charge in [-0.2, -0.15) is 0 Å². The number of hydrogen-bond acceptors (Lipinski definition) is 1. The zero-order chi connectivity index (χ0) is 12.1. The SMILES string of the molecule is CCNC(c1cccc(C)c1I)C(C)CC. The third-order valence-corrected chi connectivity index (χ3v) is 4.67. The molecule has 0 amide bonds. The second kappa shape index (κ2) is 6.60. The molecule has 2 atom stereocenters. The molecule has 1 nitrogen and oxygen atoms in total. The van der Waals surface area contributed by atoms with Crippen molar-refractivity contribution in [1.82, 2.24) is 5.32 Å². The minimum Gasteiger partial charge on any atom is -0.310 e. The van der Waals surface area contributed by atoms with Gasteiger partial charge >= 0.3 is 0 Å². The quantitative estimate of drug-likeness (QED) is 0.794. The van der Waals surface area contributed by atoms with E-state index in [9.17, 15) is 0 Å². The molecule has 1 aromatic carbocycles. The first-order chi connectivity index (χ1) is 7.61. The minimum absolute atomic E-state index is 0.488. The zero-order valence-corrected chi connectivity index (χ0v) is 12.8. The number of hydrogen-bond donors (Lipinski definition) is 1. The topological polar surface area (TPSA) is 12.0 Å². The maximum atomic E-state index is 3.61. The molecule has 2 heteroatoms. The van der Waals surface area contributed by atoms with Gasteiger partial charge in [-0.3, -0.25) is 0 Å². The highest BCUT2D eigenvalue weighted by molar-refractivity contribution is 14.1. The Balaban J connectivity index is 3.05. The Bertz CT molecular complexity index is 336. The van der Waals surface area contributed by atoms with Crippen LogP contribution in [0.25, 0.3) is 0 Å². The van der Waals surface area contributed by atoms with Crippen LogP contribution in [0.15, 0.2) is 18.2 Å². The highest BCUT2D eigenvalue weighted by Crippen LogP contribution is 2.29. The molecule has 1 N–H and O–H groups in total. The van der Waals surface area contributed by atoms with Crippen molar-refractivity contribution in [3.8, 4) is 0 Å². The van der Waals surface area contributed by atoms with Gasteiger partial charge in [0.05, 0.1) is 0 Å². The highest BCUT2D eigenvalue weighted by atomic mass is 127. The normalized spacial score (nSPS) is 14.8. The van der Waals surface area contributed by atoms with Crippen molar-refractivity contribution in [3.63, 3.8) is 0 Å². The molecule has 0 aliphatic carbocycles. The van der Waals surface area contributed by atoms with Gasteiger partial charge in [-0.25, -0.2) is 0 Å². The van der Waals surface area contributed by atoms with E-state index in [0.29, 0.717) is 12.0 Å². The van der Waals surface area contributed by atoms with Crippen molar-refractivity contribution in [2.24, 2.45) is 5.92 Å². The van der Waals surface area contributed by atoms with Gasteiger partial charge in [0.25, 0.3) is 0 Å². The maximum Gasteiger partial charge on any atom is 0.0356 e. The van der Waals surface area contributed by atoms with Crippen molar-refractivity contribution < 1.29 is 0 Å². The summed E-state index contributed by atoms with van der Waals surface area (Å²) < 4.78 is 1.41. The second-order valence-electron chi connectivity index (χ2n) is 4.40. The first-order valence-electron chi connectivity index (χ1n) is 6.10. The van der Waals surface area contributed by atoms with E-state index in [0.717, 1.165) is 6.54 Å². The molecule has 0 radical (unpaired) electrons. The monoisotopic (exact) mass is 331 g/mol. The lowest BCUT2D eigenvalue weighted by Gasteiger charge is -2.26. The average Bonchev–Trinajstić information content (AvgIpc) is 2.29. The van der Waals surface area contributed by atoms with Crippen molar-refractivity contribution >= 4 is 22.6 Å². The number of aryl methyl sites for hydroxylation is 1. The highest BCUT2D eigenvalue weighted by Gasteiger charge is 2.19. The fraction of sp³-hybridized carbons (Fsp3) is 0.571. The summed E-state index contributed by atoms with van der Waals surface area (Å²) in [6.07, 6.45) is 1.21. The summed E-state index contributed by atoms with van der Waals surface area (Å²) in [5.41, 5.74) is 2.83. The Hall–Kier alpha value is -0.0900. The Kier molecular flexibility index (Phi) is 5.76. The molecule has 0 spiro atoms. The summed E-state index contributed by atoms with van der Waals surface area (Å²) in [6, 6.07) is 7.10. The van der Waals surface area contributed by atoms with Crippen LogP contribution in [0, 0.1) is 16.4 Å². The predicted octanol–water partition coefficient (Wildman–Crippen LogP) is 4.30. The molecule has 0 saturated carbocycles. The third-order valence-electron chi connectivity index (χ3n) is 3.19. The Morgan fingerprint density at radius 2 is 2.00 bits per heavy atom. The molecule has 16 heavy (non-hydrogen) atoms. The zero-order valence-electron chi connectivity index (χ0n) is 10.7. The molecule has 0 fully saturated rings. The molecule has 1 aromatic rings. The van der Waals surface area contributed by atoms with E-state index in [1.165, 1.54) is 21.1 Å². The van der Waals surface area contributed by atoms with Crippen LogP contribution in [0.1, 0.15) is 44.4 Å². The summed E-state index contributed by atoms with van der Waals surface area (Å²) in [5, 5.41) is 3.61. The van der Waals surface area contributed by atoms with E-state index in [1.807, 2.05) is 0 Å². The molecule has 2 unspecified atom stereocenters. The lowest BCUT2D eigenvalue weighted by Crippen LogP contribution is -2.27. The van der Waals surface area contributed by atoms with Crippen LogP contribution in [0.4, 0.5) is 0 Å². The van der Waals surface area contributed by atoms with Crippen LogP contribution < -0.4 is 5.32 Å². The van der Waals surface area contributed by atoms with Gasteiger partial charge in [0, 0.05) is 9.61 Å². The van der Waals surface area contributed by atoms with Gasteiger partial charge in [0.1, 0.15) is 0 Å². The molecule has 0 aliphatic heterocycles. The number of nitrogens with one attached hydrogen (secondary N) is 1. The van der Waals surface area contributed by atoms with Gasteiger partial charge in [0.2, 0.25) is 0 Å². The first kappa shape index (κ1) is 14.0. The van der Waals surface area contributed by atoms with Gasteiger partial charge in [-0.05, 0) is 53.1 Å². The molecule has 0 aromatic heterocycles. The average molecular weight is 331 g/mol. The fourth-order valence-electron chi connectivity index (χ4n) is 1.98. The largest absolute Gasteiger partial charge is 0.310 e. The molecule has 0 aliphatic rings. The van der Waals surface area contributed by atoms with Crippen LogP contribution in [0.5, 0.6) is 0 Å². The van der Waals surface area contributed by atoms with E-state index >= 15 is 0 Å². The van der Waals surface area contributed by atoms with E-state index in [2.05, 4.69) is 73.8 Å². The Morgan fingerprint density at radius 1 is 1.31 bits per heavy atom. The van der Waals surface area contributed by atoms with Gasteiger partial charge in [0.15, 0.2) is 0 Å². The van der Waals surface area contributed by atoms with Crippen molar-refractivity contribution in [3.05, 3.63) is 32.9 Å². The lowest BCUT2D eigenvalue weighted by molar-refractivity contribution is 0.382. The van der Waals surface area contributed by atoms with E-state index in [-0.39, 0.29) is 0 Å². The smallest absolute Gasteiger partial charge is 0.0356 e. The summed E-state index contributed by atoms with van der Waals surface area (Å²) in [5.74, 6) is 0.676. The molecular formula is C14H22IN. The van der Waals surface area contributed by atoms with Crippen LogP contribution in [0.3, 0.4) is 0 Å². The maximum absolute atomic E-state index is 3.61. The van der Waals surface area contributed by atoms with Gasteiger partial charge in [-0.15, -0.1) is 0 Å². The minimum atomic E-state index is 0.488. The van der Waals surface area contributed by atoms with Crippen LogP contribution in [0.2, 0.25) is 0 Å². The first-order valence-corrected chi connectivity index (χ1v) is 7.18. The van der Waals surface area contributed by atoms with Crippen molar-refractivity contribution in [2.45, 2.75) is 40.2 Å². The third kappa shape index (κ3) is 3.20. The Morgan fingerprint density at radius 3 is 2.56 bits per heavy atom. The number of rotatable bonds is 5. The number of halogens is 1. The fourth-order valence-corrected chi connectivity index (χ4v) is 2.68. The molecule has 1 rings (SSSR count). The summed E-state index contributed by atoms with van der Waals surface area (Å²) in [6.45, 7) is 9.98. The van der Waals surface area contributed by atoms with Crippen LogP contribution >= 0.6 is 22.6 Å². The lowest BCUT2D eigenvalue weighted by atomic mass is 9.91. The van der Waals surface area contributed by atoms with Crippen LogP contribution in [-0.2, 0) is 0 Å². The van der Waals surface area contributed by atoms with Crippen molar-refractivity contribution in [2.75, 3.05) is 6.54 Å². The van der Waals surface area contributed by atoms with Crippen molar-refractivity contribution in [1.29, 1.82) is 0 Å². The summed E-state index contributed by atoms with van der Waals surface area (Å²) >= 11 is 2.47. The summed E-state index contributed by atoms with van der Waals surface area (Å²) in [4.78, 5) is 0. The van der Waals surface area contributed by atoms with E-state index < -0.39 is 0 Å². The molecule has 0 bridgehead atoms. The Labute approximate surface area is 113 Å². The molecule has 0 saturated heterocycles. The van der Waals surface area contributed by atoms with Gasteiger partial charge in [-0.1, -0.05) is 45.4 Å². The summed E-state index contributed by atoms with van der Waals surface area (Å²) in [7, 11) is 0. The molecule has 90 valence electrons. The number of benzene rings is 1.